The summed E-state index contributed by atoms with van der Waals surface area (Å²) < 4.78 is 0. The molecule has 3 aliphatic rings. The number of hydrogen-bond donors (Lipinski definition) is 1. The van der Waals surface area contributed by atoms with E-state index in [1.807, 2.05) is 0 Å². The van der Waals surface area contributed by atoms with Crippen LogP contribution in [0.5, 0.6) is 0 Å². The van der Waals surface area contributed by atoms with Gasteiger partial charge >= 0.3 is 0 Å². The fourth-order valence-electron chi connectivity index (χ4n) is 5.77. The molecule has 0 aromatic rings. The monoisotopic (exact) mass is 263 g/mol. The van der Waals surface area contributed by atoms with Crippen molar-refractivity contribution in [3.63, 3.8) is 0 Å². The highest BCUT2D eigenvalue weighted by Crippen LogP contribution is 2.65. The van der Waals surface area contributed by atoms with Crippen LogP contribution in [0.1, 0.15) is 73.1 Å². The van der Waals surface area contributed by atoms with Crippen molar-refractivity contribution in [1.29, 1.82) is 0 Å². The van der Waals surface area contributed by atoms with Crippen LogP contribution >= 0.6 is 0 Å². The van der Waals surface area contributed by atoms with Crippen molar-refractivity contribution in [2.45, 2.75) is 85.2 Å². The first-order chi connectivity index (χ1) is 8.90. The van der Waals surface area contributed by atoms with Crippen LogP contribution in [0, 0.1) is 28.6 Å². The van der Waals surface area contributed by atoms with Gasteiger partial charge in [0.2, 0.25) is 0 Å². The van der Waals surface area contributed by atoms with E-state index in [1.165, 1.54) is 38.5 Å². The maximum Gasteiger partial charge on any atom is 0.0132 e. The Morgan fingerprint density at radius 2 is 1.84 bits per heavy atom. The average molecular weight is 263 g/mol. The Morgan fingerprint density at radius 1 is 1.11 bits per heavy atom. The Morgan fingerprint density at radius 3 is 2.32 bits per heavy atom. The summed E-state index contributed by atoms with van der Waals surface area (Å²) in [4.78, 5) is 0. The van der Waals surface area contributed by atoms with E-state index >= 15 is 0 Å². The highest BCUT2D eigenvalue weighted by Gasteiger charge is 2.61. The summed E-state index contributed by atoms with van der Waals surface area (Å²) in [6.45, 7) is 12.5. The highest BCUT2D eigenvalue weighted by molar-refractivity contribution is 5.13. The summed E-state index contributed by atoms with van der Waals surface area (Å²) >= 11 is 0. The van der Waals surface area contributed by atoms with Gasteiger partial charge < -0.3 is 5.32 Å². The Hall–Kier alpha value is -0.0400. The highest BCUT2D eigenvalue weighted by atomic mass is 15.0. The van der Waals surface area contributed by atoms with Gasteiger partial charge in [-0.2, -0.15) is 0 Å². The van der Waals surface area contributed by atoms with Gasteiger partial charge in [0.15, 0.2) is 0 Å². The smallest absolute Gasteiger partial charge is 0.0132 e. The maximum atomic E-state index is 4.12. The molecule has 1 heteroatoms. The lowest BCUT2D eigenvalue weighted by Gasteiger charge is -2.41. The molecule has 0 amide bonds. The minimum Gasteiger partial charge on any atom is -0.310 e. The molecule has 6 atom stereocenters. The molecule has 0 aromatic heterocycles. The predicted octanol–water partition coefficient (Wildman–Crippen LogP) is 4.62. The number of fused-ring (bicyclic) bond motifs is 2. The zero-order valence-corrected chi connectivity index (χ0v) is 13.6. The molecule has 0 spiro atoms. The second-order valence-electron chi connectivity index (χ2n) is 8.54. The second kappa shape index (κ2) is 4.48. The van der Waals surface area contributed by atoms with Crippen molar-refractivity contribution in [2.24, 2.45) is 28.6 Å². The molecule has 3 rings (SSSR count). The van der Waals surface area contributed by atoms with Gasteiger partial charge in [-0.25, -0.2) is 0 Å². The first-order valence-corrected chi connectivity index (χ1v) is 8.66. The fraction of sp³-hybridized carbons (Fsp3) is 1.00. The summed E-state index contributed by atoms with van der Waals surface area (Å²) in [5.74, 6) is 2.82. The van der Waals surface area contributed by atoms with Crippen molar-refractivity contribution in [3.8, 4) is 0 Å². The summed E-state index contributed by atoms with van der Waals surface area (Å²) in [5, 5.41) is 4.12. The van der Waals surface area contributed by atoms with Crippen LogP contribution in [0.25, 0.3) is 0 Å². The lowest BCUT2D eigenvalue weighted by atomic mass is 9.69. The van der Waals surface area contributed by atoms with E-state index in [-0.39, 0.29) is 0 Å². The second-order valence-corrected chi connectivity index (χ2v) is 8.54. The Kier molecular flexibility index (Phi) is 3.28. The van der Waals surface area contributed by atoms with E-state index in [0.717, 1.165) is 29.8 Å². The Bertz CT molecular complexity index is 348. The van der Waals surface area contributed by atoms with E-state index in [9.17, 15) is 0 Å². The summed E-state index contributed by atoms with van der Waals surface area (Å²) in [6, 6.07) is 1.58. The predicted molar refractivity (Wildman–Crippen MR) is 82.1 cm³/mol. The largest absolute Gasteiger partial charge is 0.310 e. The lowest BCUT2D eigenvalue weighted by molar-refractivity contribution is 0.111. The molecular formula is C18H33N. The molecule has 2 bridgehead atoms. The molecule has 1 N–H and O–H groups in total. The van der Waals surface area contributed by atoms with E-state index in [4.69, 9.17) is 0 Å². The molecule has 3 saturated carbocycles. The Balaban J connectivity index is 1.69. The molecule has 0 saturated heterocycles. The van der Waals surface area contributed by atoms with Gasteiger partial charge in [0.25, 0.3) is 0 Å². The van der Waals surface area contributed by atoms with Crippen molar-refractivity contribution < 1.29 is 0 Å². The van der Waals surface area contributed by atoms with E-state index in [0.29, 0.717) is 10.8 Å². The van der Waals surface area contributed by atoms with Crippen molar-refractivity contribution >= 4 is 0 Å². The standard InChI is InChI=1S/C18H33N/c1-6-13-7-8-15(12(13)2)19-16-11-14-9-10-18(16,5)17(14,3)4/h12-16,19H,6-11H2,1-5H3. The van der Waals surface area contributed by atoms with Gasteiger partial charge in [-0.05, 0) is 60.7 Å². The molecule has 1 nitrogen and oxygen atoms in total. The van der Waals surface area contributed by atoms with Crippen LogP contribution in [0.2, 0.25) is 0 Å². The first-order valence-electron chi connectivity index (χ1n) is 8.66. The minimum absolute atomic E-state index is 0.543. The molecule has 0 aromatic carbocycles. The van der Waals surface area contributed by atoms with Crippen LogP contribution < -0.4 is 5.32 Å². The van der Waals surface area contributed by atoms with Crippen LogP contribution in [-0.2, 0) is 0 Å². The molecular weight excluding hydrogens is 230 g/mol. The fourth-order valence-corrected chi connectivity index (χ4v) is 5.77. The molecule has 0 radical (unpaired) electrons. The third kappa shape index (κ3) is 1.83. The van der Waals surface area contributed by atoms with Gasteiger partial charge in [0, 0.05) is 12.1 Å². The number of nitrogens with one attached hydrogen (secondary N) is 1. The summed E-state index contributed by atoms with van der Waals surface area (Å²) in [7, 11) is 0. The van der Waals surface area contributed by atoms with Crippen LogP contribution in [0.3, 0.4) is 0 Å². The molecule has 3 aliphatic carbocycles. The molecule has 0 aliphatic heterocycles. The third-order valence-electron chi connectivity index (χ3n) is 7.96. The van der Waals surface area contributed by atoms with Gasteiger partial charge in [0.1, 0.15) is 0 Å². The maximum absolute atomic E-state index is 4.12. The third-order valence-corrected chi connectivity index (χ3v) is 7.96. The van der Waals surface area contributed by atoms with Crippen LogP contribution in [0.4, 0.5) is 0 Å². The number of hydrogen-bond acceptors (Lipinski definition) is 1. The first kappa shape index (κ1) is 13.9. The quantitative estimate of drug-likeness (QED) is 0.783. The van der Waals surface area contributed by atoms with Gasteiger partial charge in [-0.3, -0.25) is 0 Å². The Labute approximate surface area is 119 Å². The normalized spacial score (nSPS) is 51.9. The zero-order valence-electron chi connectivity index (χ0n) is 13.6. The van der Waals surface area contributed by atoms with Crippen molar-refractivity contribution in [2.75, 3.05) is 0 Å². The minimum atomic E-state index is 0.543. The topological polar surface area (TPSA) is 12.0 Å². The zero-order chi connectivity index (χ0) is 13.8. The van der Waals surface area contributed by atoms with E-state index < -0.39 is 0 Å². The molecule has 110 valence electrons. The summed E-state index contributed by atoms with van der Waals surface area (Å²) in [5.41, 5.74) is 1.10. The number of rotatable bonds is 3. The summed E-state index contributed by atoms with van der Waals surface area (Å²) in [6.07, 6.45) is 8.59. The van der Waals surface area contributed by atoms with Crippen LogP contribution in [-0.4, -0.2) is 12.1 Å². The molecule has 19 heavy (non-hydrogen) atoms. The average Bonchev–Trinajstić information content (AvgIpc) is 2.88. The van der Waals surface area contributed by atoms with Crippen molar-refractivity contribution in [3.05, 3.63) is 0 Å². The van der Waals surface area contributed by atoms with Gasteiger partial charge in [-0.1, -0.05) is 41.0 Å². The van der Waals surface area contributed by atoms with Gasteiger partial charge in [-0.15, -0.1) is 0 Å². The molecule has 6 unspecified atom stereocenters. The van der Waals surface area contributed by atoms with E-state index in [2.05, 4.69) is 39.9 Å². The van der Waals surface area contributed by atoms with Crippen molar-refractivity contribution in [1.82, 2.24) is 5.32 Å². The van der Waals surface area contributed by atoms with Gasteiger partial charge in [0.05, 0.1) is 0 Å². The van der Waals surface area contributed by atoms with E-state index in [1.54, 1.807) is 0 Å². The van der Waals surface area contributed by atoms with Crippen LogP contribution in [0.15, 0.2) is 0 Å². The SMILES string of the molecule is CCC1CCC(NC2CC3CCC2(C)C3(C)C)C1C. The lowest BCUT2D eigenvalue weighted by Crippen LogP contribution is -2.49. The molecule has 3 fully saturated rings. The molecule has 0 heterocycles.